The fraction of sp³-hybridized carbons (Fsp3) is 0.889. The Balaban J connectivity index is 1.99. The van der Waals surface area contributed by atoms with E-state index in [4.69, 9.17) is 0 Å². The molecule has 2 fully saturated rings. The molecule has 0 unspecified atom stereocenters. The van der Waals surface area contributed by atoms with Gasteiger partial charge in [0, 0.05) is 45.7 Å². The minimum absolute atomic E-state index is 0.0734. The van der Waals surface area contributed by atoms with Crippen molar-refractivity contribution in [2.45, 2.75) is 92.7 Å². The average molecular weight is 479 g/mol. The van der Waals surface area contributed by atoms with Crippen LogP contribution in [0.4, 0.5) is 0 Å². The molecule has 0 radical (unpaired) electrons. The van der Waals surface area contributed by atoms with Crippen LogP contribution in [0.15, 0.2) is 0 Å². The molecule has 1 N–H and O–H groups in total. The standard InChI is InChI=1S/C27H50N4O3/c1-8-29(18-21(6)7)25(32)17-22-9-12-30(13-10-22)27(34)24(16-20(4)5)31-14-11-28-23(26(31)33)15-19(2)3/h19-24,28H,8-18H2,1-7H3/t23-,24-/m0/s1. The number of likely N-dealkylation sites (tertiary alicyclic amines) is 1. The zero-order valence-electron chi connectivity index (χ0n) is 22.8. The second kappa shape index (κ2) is 13.5. The molecule has 0 aromatic heterocycles. The zero-order valence-corrected chi connectivity index (χ0v) is 22.8. The molecule has 0 bridgehead atoms. The topological polar surface area (TPSA) is 73.0 Å². The summed E-state index contributed by atoms with van der Waals surface area (Å²) in [7, 11) is 0. The lowest BCUT2D eigenvalue weighted by molar-refractivity contribution is -0.150. The maximum Gasteiger partial charge on any atom is 0.245 e. The molecule has 2 aliphatic rings. The second-order valence-electron chi connectivity index (χ2n) is 11.6. The predicted molar refractivity (Wildman–Crippen MR) is 137 cm³/mol. The lowest BCUT2D eigenvalue weighted by atomic mass is 9.91. The number of hydrogen-bond donors (Lipinski definition) is 1. The Bertz CT molecular complexity index is 671. The van der Waals surface area contributed by atoms with Gasteiger partial charge in [-0.1, -0.05) is 41.5 Å². The third kappa shape index (κ3) is 8.24. The van der Waals surface area contributed by atoms with Gasteiger partial charge in [0.05, 0.1) is 6.04 Å². The zero-order chi connectivity index (χ0) is 25.4. The van der Waals surface area contributed by atoms with Crippen LogP contribution in [0, 0.1) is 23.7 Å². The van der Waals surface area contributed by atoms with E-state index < -0.39 is 0 Å². The Hall–Kier alpha value is -1.63. The third-order valence-corrected chi connectivity index (χ3v) is 7.10. The van der Waals surface area contributed by atoms with Crippen molar-refractivity contribution in [1.29, 1.82) is 0 Å². The van der Waals surface area contributed by atoms with E-state index in [1.165, 1.54) is 0 Å². The van der Waals surface area contributed by atoms with Crippen LogP contribution in [-0.4, -0.2) is 83.8 Å². The average Bonchev–Trinajstić information content (AvgIpc) is 2.77. The summed E-state index contributed by atoms with van der Waals surface area (Å²) in [5, 5.41) is 3.35. The summed E-state index contributed by atoms with van der Waals surface area (Å²) < 4.78 is 0. The normalized spacial score (nSPS) is 21.0. The number of carbonyl (C=O) groups is 3. The van der Waals surface area contributed by atoms with Crippen LogP contribution in [0.1, 0.15) is 80.6 Å². The molecule has 2 rings (SSSR count). The molecule has 0 aliphatic carbocycles. The number of rotatable bonds is 11. The summed E-state index contributed by atoms with van der Waals surface area (Å²) in [6, 6.07) is -0.579. The maximum atomic E-state index is 13.6. The van der Waals surface area contributed by atoms with Crippen LogP contribution in [0.5, 0.6) is 0 Å². The fourth-order valence-corrected chi connectivity index (χ4v) is 5.32. The quantitative estimate of drug-likeness (QED) is 0.494. The van der Waals surface area contributed by atoms with Gasteiger partial charge in [-0.2, -0.15) is 0 Å². The number of nitrogens with zero attached hydrogens (tertiary/aromatic N) is 3. The van der Waals surface area contributed by atoms with Crippen LogP contribution < -0.4 is 5.32 Å². The molecular formula is C27H50N4O3. The van der Waals surface area contributed by atoms with Gasteiger partial charge in [-0.05, 0) is 56.3 Å². The van der Waals surface area contributed by atoms with Crippen LogP contribution in [0.2, 0.25) is 0 Å². The summed E-state index contributed by atoms with van der Waals surface area (Å²) in [6.45, 7) is 19.0. The van der Waals surface area contributed by atoms with Gasteiger partial charge in [0.25, 0.3) is 0 Å². The number of carbonyl (C=O) groups excluding carboxylic acids is 3. The molecule has 2 aliphatic heterocycles. The largest absolute Gasteiger partial charge is 0.343 e. The number of hydrogen-bond acceptors (Lipinski definition) is 4. The van der Waals surface area contributed by atoms with Gasteiger partial charge in [-0.25, -0.2) is 0 Å². The molecule has 3 amide bonds. The number of piperidine rings is 1. The highest BCUT2D eigenvalue weighted by Crippen LogP contribution is 2.25. The first kappa shape index (κ1) is 28.6. The first-order valence-electron chi connectivity index (χ1n) is 13.6. The van der Waals surface area contributed by atoms with Crippen molar-refractivity contribution in [3.63, 3.8) is 0 Å². The third-order valence-electron chi connectivity index (χ3n) is 7.10. The summed E-state index contributed by atoms with van der Waals surface area (Å²) in [4.78, 5) is 45.4. The van der Waals surface area contributed by atoms with Crippen LogP contribution >= 0.6 is 0 Å². The molecule has 2 saturated heterocycles. The Kier molecular flexibility index (Phi) is 11.3. The van der Waals surface area contributed by atoms with Crippen molar-refractivity contribution in [2.75, 3.05) is 39.3 Å². The van der Waals surface area contributed by atoms with E-state index in [1.807, 2.05) is 21.6 Å². The molecule has 34 heavy (non-hydrogen) atoms. The second-order valence-corrected chi connectivity index (χ2v) is 11.6. The summed E-state index contributed by atoms with van der Waals surface area (Å²) in [6.07, 6.45) is 3.78. The Morgan fingerprint density at radius 3 is 2.18 bits per heavy atom. The van der Waals surface area contributed by atoms with E-state index in [0.29, 0.717) is 56.1 Å². The summed E-state index contributed by atoms with van der Waals surface area (Å²) in [5.41, 5.74) is 0. The van der Waals surface area contributed by atoms with Crippen LogP contribution in [0.3, 0.4) is 0 Å². The van der Waals surface area contributed by atoms with Gasteiger partial charge < -0.3 is 20.0 Å². The molecule has 7 nitrogen and oxygen atoms in total. The molecule has 2 atom stereocenters. The van der Waals surface area contributed by atoms with E-state index in [9.17, 15) is 14.4 Å². The molecule has 196 valence electrons. The smallest absolute Gasteiger partial charge is 0.245 e. The summed E-state index contributed by atoms with van der Waals surface area (Å²) in [5.74, 6) is 1.95. The monoisotopic (exact) mass is 478 g/mol. The van der Waals surface area contributed by atoms with Crippen molar-refractivity contribution < 1.29 is 14.4 Å². The van der Waals surface area contributed by atoms with Gasteiger partial charge in [0.1, 0.15) is 6.04 Å². The minimum atomic E-state index is -0.385. The first-order valence-corrected chi connectivity index (χ1v) is 13.6. The lowest BCUT2D eigenvalue weighted by Gasteiger charge is -2.42. The molecule has 0 saturated carbocycles. The van der Waals surface area contributed by atoms with Gasteiger partial charge in [-0.15, -0.1) is 0 Å². The first-order chi connectivity index (χ1) is 16.0. The van der Waals surface area contributed by atoms with Crippen molar-refractivity contribution in [3.8, 4) is 0 Å². The molecule has 0 aromatic carbocycles. The van der Waals surface area contributed by atoms with Crippen molar-refractivity contribution in [3.05, 3.63) is 0 Å². The SMILES string of the molecule is CCN(CC(C)C)C(=O)CC1CCN(C(=O)[C@H](CC(C)C)N2CCN[C@@H](CC(C)C)C2=O)CC1. The highest BCUT2D eigenvalue weighted by molar-refractivity contribution is 5.90. The Morgan fingerprint density at radius 1 is 1.00 bits per heavy atom. The fourth-order valence-electron chi connectivity index (χ4n) is 5.32. The summed E-state index contributed by atoms with van der Waals surface area (Å²) >= 11 is 0. The highest BCUT2D eigenvalue weighted by Gasteiger charge is 2.39. The van der Waals surface area contributed by atoms with Crippen molar-refractivity contribution in [1.82, 2.24) is 20.0 Å². The predicted octanol–water partition coefficient (Wildman–Crippen LogP) is 3.38. The van der Waals surface area contributed by atoms with Gasteiger partial charge in [0.15, 0.2) is 0 Å². The highest BCUT2D eigenvalue weighted by atomic mass is 16.2. The van der Waals surface area contributed by atoms with E-state index >= 15 is 0 Å². The number of nitrogens with one attached hydrogen (secondary N) is 1. The van der Waals surface area contributed by atoms with Crippen LogP contribution in [0.25, 0.3) is 0 Å². The van der Waals surface area contributed by atoms with E-state index in [-0.39, 0.29) is 29.8 Å². The van der Waals surface area contributed by atoms with Gasteiger partial charge >= 0.3 is 0 Å². The Labute approximate surface area is 208 Å². The van der Waals surface area contributed by atoms with Gasteiger partial charge in [0.2, 0.25) is 17.7 Å². The lowest BCUT2D eigenvalue weighted by Crippen LogP contribution is -2.62. The molecule has 7 heteroatoms. The molecule has 0 spiro atoms. The van der Waals surface area contributed by atoms with E-state index in [2.05, 4.69) is 46.9 Å². The number of piperazine rings is 1. The maximum absolute atomic E-state index is 13.6. The molecule has 2 heterocycles. The van der Waals surface area contributed by atoms with E-state index in [1.54, 1.807) is 0 Å². The van der Waals surface area contributed by atoms with Gasteiger partial charge in [-0.3, -0.25) is 14.4 Å². The molecule has 0 aromatic rings. The number of amides is 3. The van der Waals surface area contributed by atoms with Crippen molar-refractivity contribution in [2.24, 2.45) is 23.7 Å². The Morgan fingerprint density at radius 2 is 1.65 bits per heavy atom. The van der Waals surface area contributed by atoms with E-state index in [0.717, 1.165) is 38.9 Å². The van der Waals surface area contributed by atoms with Crippen molar-refractivity contribution >= 4 is 17.7 Å². The molecular weight excluding hydrogens is 428 g/mol. The minimum Gasteiger partial charge on any atom is -0.343 e. The van der Waals surface area contributed by atoms with Crippen LogP contribution in [-0.2, 0) is 14.4 Å².